The molecule has 2 heterocycles. The summed E-state index contributed by atoms with van der Waals surface area (Å²) >= 11 is 0. The normalized spacial score (nSPS) is 27.3. The molecular weight excluding hydrogens is 250 g/mol. The van der Waals surface area contributed by atoms with Crippen LogP contribution in [0.4, 0.5) is 0 Å². The molecule has 0 unspecified atom stereocenters. The van der Waals surface area contributed by atoms with Gasteiger partial charge in [0.2, 0.25) is 0 Å². The molecule has 0 saturated carbocycles. The molecule has 6 heteroatoms. The van der Waals surface area contributed by atoms with Gasteiger partial charge < -0.3 is 24.7 Å². The van der Waals surface area contributed by atoms with Crippen LogP contribution < -0.4 is 5.32 Å². The SMILES string of the molecule is Cc1cc(C(=O)NC[C@@H]2COC[C@@H](O)[C@H]2O)c(C)o1. The quantitative estimate of drug-likeness (QED) is 0.718. The van der Waals surface area contributed by atoms with Gasteiger partial charge in [0.05, 0.1) is 24.9 Å². The predicted octanol–water partition coefficient (Wildman–Crippen LogP) is -0.00556. The minimum atomic E-state index is -0.895. The molecule has 1 fully saturated rings. The van der Waals surface area contributed by atoms with Crippen LogP contribution >= 0.6 is 0 Å². The summed E-state index contributed by atoms with van der Waals surface area (Å²) in [4.78, 5) is 12.0. The number of aliphatic hydroxyl groups is 2. The minimum Gasteiger partial charge on any atom is -0.466 e. The average Bonchev–Trinajstić information content (AvgIpc) is 2.70. The van der Waals surface area contributed by atoms with Gasteiger partial charge in [-0.2, -0.15) is 0 Å². The van der Waals surface area contributed by atoms with Gasteiger partial charge >= 0.3 is 0 Å². The molecule has 3 atom stereocenters. The van der Waals surface area contributed by atoms with Crippen molar-refractivity contribution in [2.45, 2.75) is 26.1 Å². The Labute approximate surface area is 111 Å². The van der Waals surface area contributed by atoms with Crippen LogP contribution in [0, 0.1) is 19.8 Å². The number of carbonyl (C=O) groups is 1. The van der Waals surface area contributed by atoms with Crippen molar-refractivity contribution < 1.29 is 24.2 Å². The highest BCUT2D eigenvalue weighted by Gasteiger charge is 2.31. The second-order valence-corrected chi connectivity index (χ2v) is 4.89. The summed E-state index contributed by atoms with van der Waals surface area (Å²) in [5.41, 5.74) is 0.490. The van der Waals surface area contributed by atoms with E-state index in [1.807, 2.05) is 0 Å². The summed E-state index contributed by atoms with van der Waals surface area (Å²) in [5, 5.41) is 22.0. The highest BCUT2D eigenvalue weighted by Crippen LogP contribution is 2.16. The fourth-order valence-corrected chi connectivity index (χ4v) is 2.21. The number of aliphatic hydroxyl groups excluding tert-OH is 2. The maximum absolute atomic E-state index is 12.0. The lowest BCUT2D eigenvalue weighted by Crippen LogP contribution is -2.48. The molecule has 19 heavy (non-hydrogen) atoms. The molecule has 6 nitrogen and oxygen atoms in total. The standard InChI is InChI=1S/C13H19NO5/c1-7-3-10(8(2)19-7)13(17)14-4-9-5-18-6-11(15)12(9)16/h3,9,11-12,15-16H,4-6H2,1-2H3,(H,14,17)/t9-,11-,12+/m1/s1. The molecule has 1 saturated heterocycles. The monoisotopic (exact) mass is 269 g/mol. The Balaban J connectivity index is 1.91. The zero-order valence-electron chi connectivity index (χ0n) is 11.0. The highest BCUT2D eigenvalue weighted by atomic mass is 16.5. The van der Waals surface area contributed by atoms with Gasteiger partial charge in [-0.05, 0) is 19.9 Å². The Bertz CT molecular complexity index is 456. The minimum absolute atomic E-state index is 0.131. The van der Waals surface area contributed by atoms with Gasteiger partial charge in [0.25, 0.3) is 5.91 Å². The molecule has 1 aromatic heterocycles. The first-order chi connectivity index (χ1) is 8.99. The van der Waals surface area contributed by atoms with Crippen LogP contribution in [0.2, 0.25) is 0 Å². The lowest BCUT2D eigenvalue weighted by molar-refractivity contribution is -0.118. The molecule has 1 aliphatic heterocycles. The fraction of sp³-hybridized carbons (Fsp3) is 0.615. The summed E-state index contributed by atoms with van der Waals surface area (Å²) in [6.45, 7) is 4.21. The van der Waals surface area contributed by atoms with Crippen molar-refractivity contribution in [2.75, 3.05) is 19.8 Å². The number of hydrogen-bond acceptors (Lipinski definition) is 5. The molecule has 1 aliphatic rings. The van der Waals surface area contributed by atoms with E-state index in [1.165, 1.54) is 0 Å². The lowest BCUT2D eigenvalue weighted by Gasteiger charge is -2.31. The van der Waals surface area contributed by atoms with Crippen LogP contribution in [0.3, 0.4) is 0 Å². The number of ether oxygens (including phenoxy) is 1. The first-order valence-corrected chi connectivity index (χ1v) is 6.28. The average molecular weight is 269 g/mol. The van der Waals surface area contributed by atoms with Crippen LogP contribution in [0.1, 0.15) is 21.9 Å². The van der Waals surface area contributed by atoms with E-state index >= 15 is 0 Å². The predicted molar refractivity (Wildman–Crippen MR) is 66.8 cm³/mol. The summed E-state index contributed by atoms with van der Waals surface area (Å²) in [6, 6.07) is 1.67. The molecule has 0 aliphatic carbocycles. The van der Waals surface area contributed by atoms with Crippen molar-refractivity contribution >= 4 is 5.91 Å². The van der Waals surface area contributed by atoms with Gasteiger partial charge in [-0.15, -0.1) is 0 Å². The zero-order chi connectivity index (χ0) is 14.0. The summed E-state index contributed by atoms with van der Waals surface area (Å²) < 4.78 is 10.4. The number of aryl methyl sites for hydroxylation is 2. The van der Waals surface area contributed by atoms with Gasteiger partial charge in [-0.3, -0.25) is 4.79 Å². The van der Waals surface area contributed by atoms with Crippen LogP contribution in [0.5, 0.6) is 0 Å². The summed E-state index contributed by atoms with van der Waals surface area (Å²) in [7, 11) is 0. The third-order valence-electron chi connectivity index (χ3n) is 3.31. The van der Waals surface area contributed by atoms with Gasteiger partial charge in [0.1, 0.15) is 17.6 Å². The van der Waals surface area contributed by atoms with E-state index in [-0.39, 0.29) is 25.0 Å². The van der Waals surface area contributed by atoms with E-state index in [2.05, 4.69) is 5.32 Å². The van der Waals surface area contributed by atoms with Gasteiger partial charge in [0.15, 0.2) is 0 Å². The van der Waals surface area contributed by atoms with Gasteiger partial charge in [0, 0.05) is 12.5 Å². The molecule has 0 aromatic carbocycles. The van der Waals surface area contributed by atoms with E-state index in [0.717, 1.165) is 0 Å². The molecular formula is C13H19NO5. The third-order valence-corrected chi connectivity index (χ3v) is 3.31. The van der Waals surface area contributed by atoms with Crippen LogP contribution in [-0.2, 0) is 4.74 Å². The maximum Gasteiger partial charge on any atom is 0.254 e. The molecule has 3 N–H and O–H groups in total. The molecule has 0 spiro atoms. The zero-order valence-corrected chi connectivity index (χ0v) is 11.0. The Kier molecular flexibility index (Phi) is 4.24. The highest BCUT2D eigenvalue weighted by molar-refractivity contribution is 5.95. The molecule has 2 rings (SSSR count). The molecule has 1 amide bonds. The second-order valence-electron chi connectivity index (χ2n) is 4.89. The van der Waals surface area contributed by atoms with E-state index in [1.54, 1.807) is 19.9 Å². The van der Waals surface area contributed by atoms with Gasteiger partial charge in [-0.1, -0.05) is 0 Å². The van der Waals surface area contributed by atoms with Crippen molar-refractivity contribution in [3.05, 3.63) is 23.2 Å². The molecule has 0 radical (unpaired) electrons. The van der Waals surface area contributed by atoms with E-state index in [9.17, 15) is 15.0 Å². The fourth-order valence-electron chi connectivity index (χ4n) is 2.21. The van der Waals surface area contributed by atoms with E-state index < -0.39 is 12.2 Å². The van der Waals surface area contributed by atoms with Crippen molar-refractivity contribution in [1.82, 2.24) is 5.32 Å². The van der Waals surface area contributed by atoms with E-state index in [4.69, 9.17) is 9.15 Å². The van der Waals surface area contributed by atoms with Crippen LogP contribution in [0.15, 0.2) is 10.5 Å². The smallest absolute Gasteiger partial charge is 0.254 e. The number of amides is 1. The first kappa shape index (κ1) is 14.0. The Morgan fingerprint density at radius 1 is 1.42 bits per heavy atom. The Morgan fingerprint density at radius 2 is 2.16 bits per heavy atom. The maximum atomic E-state index is 12.0. The van der Waals surface area contributed by atoms with Gasteiger partial charge in [-0.25, -0.2) is 0 Å². The van der Waals surface area contributed by atoms with Crippen molar-refractivity contribution in [3.63, 3.8) is 0 Å². The number of furan rings is 1. The van der Waals surface area contributed by atoms with Crippen molar-refractivity contribution in [1.29, 1.82) is 0 Å². The molecule has 106 valence electrons. The largest absolute Gasteiger partial charge is 0.466 e. The van der Waals surface area contributed by atoms with Crippen LogP contribution in [-0.4, -0.2) is 48.1 Å². The number of hydrogen-bond donors (Lipinski definition) is 3. The van der Waals surface area contributed by atoms with E-state index in [0.29, 0.717) is 23.7 Å². The molecule has 1 aromatic rings. The second kappa shape index (κ2) is 5.73. The van der Waals surface area contributed by atoms with Crippen LogP contribution in [0.25, 0.3) is 0 Å². The summed E-state index contributed by atoms with van der Waals surface area (Å²) in [6.07, 6.45) is -1.77. The van der Waals surface area contributed by atoms with Crippen molar-refractivity contribution in [2.24, 2.45) is 5.92 Å². The topological polar surface area (TPSA) is 91.9 Å². The molecule has 0 bridgehead atoms. The summed E-state index contributed by atoms with van der Waals surface area (Å²) in [5.74, 6) is 0.692. The lowest BCUT2D eigenvalue weighted by atomic mass is 9.96. The van der Waals surface area contributed by atoms with Crippen molar-refractivity contribution in [3.8, 4) is 0 Å². The third kappa shape index (κ3) is 3.15. The first-order valence-electron chi connectivity index (χ1n) is 6.28. The number of rotatable bonds is 3. The number of nitrogens with one attached hydrogen (secondary N) is 1. The Morgan fingerprint density at radius 3 is 2.79 bits per heavy atom. The Hall–Kier alpha value is -1.37. The number of carbonyl (C=O) groups excluding carboxylic acids is 1.